The Kier molecular flexibility index (Phi) is 7.07. The summed E-state index contributed by atoms with van der Waals surface area (Å²) in [6.07, 6.45) is 2.25. The number of piperidine rings is 1. The zero-order valence-electron chi connectivity index (χ0n) is 19.7. The number of nitrogens with two attached hydrogens (primary N) is 1. The molecule has 3 N–H and O–H groups in total. The van der Waals surface area contributed by atoms with Gasteiger partial charge in [0.15, 0.2) is 0 Å². The summed E-state index contributed by atoms with van der Waals surface area (Å²) in [6, 6.07) is 13.5. The summed E-state index contributed by atoms with van der Waals surface area (Å²) in [6.45, 7) is 5.99. The molecule has 1 saturated heterocycles. The highest BCUT2D eigenvalue weighted by molar-refractivity contribution is 6.44. The Bertz CT molecular complexity index is 1140. The number of rotatable bonds is 6. The topological polar surface area (TPSA) is 108 Å². The molecule has 0 bridgehead atoms. The Morgan fingerprint density at radius 1 is 1.15 bits per heavy atom. The van der Waals surface area contributed by atoms with Crippen molar-refractivity contribution in [1.82, 2.24) is 4.90 Å². The second-order valence-electron chi connectivity index (χ2n) is 9.13. The van der Waals surface area contributed by atoms with Gasteiger partial charge in [0, 0.05) is 31.6 Å². The fraction of sp³-hybridized carbons (Fsp3) is 0.385. The van der Waals surface area contributed by atoms with Gasteiger partial charge in [0.1, 0.15) is 5.71 Å². The Morgan fingerprint density at radius 2 is 1.94 bits per heavy atom. The van der Waals surface area contributed by atoms with E-state index in [4.69, 9.17) is 5.73 Å². The van der Waals surface area contributed by atoms with Gasteiger partial charge in [-0.3, -0.25) is 19.3 Å². The molecule has 8 heteroatoms. The molecule has 34 heavy (non-hydrogen) atoms. The second-order valence-corrected chi connectivity index (χ2v) is 9.13. The first kappa shape index (κ1) is 23.6. The average Bonchev–Trinajstić information content (AvgIpc) is 2.82. The molecule has 2 heterocycles. The number of hydrazone groups is 1. The van der Waals surface area contributed by atoms with Gasteiger partial charge in [0.05, 0.1) is 11.6 Å². The molecule has 2 aliphatic rings. The number of aryl methyl sites for hydroxylation is 2. The van der Waals surface area contributed by atoms with Crippen molar-refractivity contribution in [3.63, 3.8) is 0 Å². The van der Waals surface area contributed by atoms with Gasteiger partial charge < -0.3 is 11.1 Å². The van der Waals surface area contributed by atoms with Crippen molar-refractivity contribution in [1.29, 1.82) is 0 Å². The average molecular weight is 462 g/mol. The van der Waals surface area contributed by atoms with Crippen molar-refractivity contribution in [3.8, 4) is 0 Å². The molecule has 178 valence electrons. The SMILES string of the molecule is Cc1ccc(C)c(N2N=C(C(=O)Nc3ccccc3CN3CCCC(C(N)=O)C3)CCC2=O)c1. The van der Waals surface area contributed by atoms with Crippen molar-refractivity contribution >= 4 is 34.8 Å². The fourth-order valence-electron chi connectivity index (χ4n) is 4.50. The number of nitrogens with one attached hydrogen (secondary N) is 1. The summed E-state index contributed by atoms with van der Waals surface area (Å²) in [5, 5.41) is 8.77. The van der Waals surface area contributed by atoms with E-state index in [-0.39, 0.29) is 30.1 Å². The third kappa shape index (κ3) is 5.34. The smallest absolute Gasteiger partial charge is 0.271 e. The number of anilines is 2. The van der Waals surface area contributed by atoms with Crippen LogP contribution in [-0.2, 0) is 20.9 Å². The van der Waals surface area contributed by atoms with Gasteiger partial charge in [-0.2, -0.15) is 5.10 Å². The molecule has 0 aromatic heterocycles. The van der Waals surface area contributed by atoms with E-state index in [0.29, 0.717) is 36.6 Å². The highest BCUT2D eigenvalue weighted by atomic mass is 16.2. The minimum atomic E-state index is -0.316. The molecule has 4 rings (SSSR count). The Labute approximate surface area is 199 Å². The molecule has 2 aromatic rings. The maximum absolute atomic E-state index is 13.1. The maximum Gasteiger partial charge on any atom is 0.271 e. The van der Waals surface area contributed by atoms with Crippen LogP contribution in [0.1, 0.15) is 42.4 Å². The quantitative estimate of drug-likeness (QED) is 0.689. The number of hydrogen-bond acceptors (Lipinski definition) is 5. The third-order valence-electron chi connectivity index (χ3n) is 6.45. The first-order valence-electron chi connectivity index (χ1n) is 11.7. The minimum absolute atomic E-state index is 0.125. The van der Waals surface area contributed by atoms with Crippen LogP contribution >= 0.6 is 0 Å². The van der Waals surface area contributed by atoms with E-state index in [2.05, 4.69) is 15.3 Å². The van der Waals surface area contributed by atoms with E-state index in [0.717, 1.165) is 36.1 Å². The van der Waals surface area contributed by atoms with Crippen LogP contribution in [-0.4, -0.2) is 41.4 Å². The first-order chi connectivity index (χ1) is 16.3. The lowest BCUT2D eigenvalue weighted by molar-refractivity contribution is -0.123. The zero-order chi connectivity index (χ0) is 24.2. The van der Waals surface area contributed by atoms with Gasteiger partial charge in [-0.15, -0.1) is 0 Å². The molecule has 0 saturated carbocycles. The van der Waals surface area contributed by atoms with Crippen molar-refractivity contribution < 1.29 is 14.4 Å². The number of likely N-dealkylation sites (tertiary alicyclic amines) is 1. The molecule has 8 nitrogen and oxygen atoms in total. The van der Waals surface area contributed by atoms with E-state index in [1.54, 1.807) is 0 Å². The van der Waals surface area contributed by atoms with Crippen LogP contribution in [0.3, 0.4) is 0 Å². The lowest BCUT2D eigenvalue weighted by atomic mass is 9.97. The van der Waals surface area contributed by atoms with Gasteiger partial charge >= 0.3 is 0 Å². The second kappa shape index (κ2) is 10.2. The van der Waals surface area contributed by atoms with Crippen LogP contribution in [0.15, 0.2) is 47.6 Å². The summed E-state index contributed by atoms with van der Waals surface area (Å²) in [5.74, 6) is -0.839. The number of para-hydroxylation sites is 1. The number of nitrogens with zero attached hydrogens (tertiary/aromatic N) is 3. The number of carbonyl (C=O) groups is 3. The molecule has 1 fully saturated rings. The lowest BCUT2D eigenvalue weighted by Gasteiger charge is -2.31. The molecular weight excluding hydrogens is 430 g/mol. The number of hydrogen-bond donors (Lipinski definition) is 2. The van der Waals surface area contributed by atoms with E-state index in [1.807, 2.05) is 56.3 Å². The van der Waals surface area contributed by atoms with Gasteiger partial charge in [-0.25, -0.2) is 5.01 Å². The number of carbonyl (C=O) groups excluding carboxylic acids is 3. The van der Waals surface area contributed by atoms with Crippen LogP contribution in [0.25, 0.3) is 0 Å². The first-order valence-corrected chi connectivity index (χ1v) is 11.7. The van der Waals surface area contributed by atoms with E-state index >= 15 is 0 Å². The number of benzene rings is 2. The molecule has 3 amide bonds. The van der Waals surface area contributed by atoms with Gasteiger partial charge in [0.25, 0.3) is 5.91 Å². The Balaban J connectivity index is 1.51. The van der Waals surface area contributed by atoms with E-state index in [1.165, 1.54) is 5.01 Å². The van der Waals surface area contributed by atoms with Crippen LogP contribution in [0.5, 0.6) is 0 Å². The zero-order valence-corrected chi connectivity index (χ0v) is 19.7. The lowest BCUT2D eigenvalue weighted by Crippen LogP contribution is -2.40. The van der Waals surface area contributed by atoms with Gasteiger partial charge in [-0.1, -0.05) is 30.3 Å². The van der Waals surface area contributed by atoms with Crippen molar-refractivity contribution in [2.75, 3.05) is 23.4 Å². The third-order valence-corrected chi connectivity index (χ3v) is 6.45. The van der Waals surface area contributed by atoms with Crippen molar-refractivity contribution in [2.24, 2.45) is 16.8 Å². The molecule has 0 radical (unpaired) electrons. The molecule has 1 unspecified atom stereocenters. The molecule has 0 aliphatic carbocycles. The summed E-state index contributed by atoms with van der Waals surface area (Å²) >= 11 is 0. The normalized spacial score (nSPS) is 19.0. The van der Waals surface area contributed by atoms with Crippen LogP contribution < -0.4 is 16.1 Å². The minimum Gasteiger partial charge on any atom is -0.369 e. The summed E-state index contributed by atoms with van der Waals surface area (Å²) in [7, 11) is 0. The van der Waals surface area contributed by atoms with Crippen LogP contribution in [0, 0.1) is 19.8 Å². The summed E-state index contributed by atoms with van der Waals surface area (Å²) in [5.41, 5.74) is 10.1. The summed E-state index contributed by atoms with van der Waals surface area (Å²) < 4.78 is 0. The van der Waals surface area contributed by atoms with E-state index in [9.17, 15) is 14.4 Å². The van der Waals surface area contributed by atoms with Crippen molar-refractivity contribution in [3.05, 3.63) is 59.2 Å². The number of primary amides is 1. The summed E-state index contributed by atoms with van der Waals surface area (Å²) in [4.78, 5) is 39.5. The highest BCUT2D eigenvalue weighted by Gasteiger charge is 2.28. The molecular formula is C26H31N5O3. The monoisotopic (exact) mass is 461 g/mol. The predicted octanol–water partition coefficient (Wildman–Crippen LogP) is 3.12. The molecule has 2 aliphatic heterocycles. The fourth-order valence-corrected chi connectivity index (χ4v) is 4.50. The standard InChI is InChI=1S/C26H31N5O3/c1-17-9-10-18(2)23(14-17)31-24(32)12-11-22(29-31)26(34)28-21-8-4-3-6-19(21)15-30-13-5-7-20(16-30)25(27)33/h3-4,6,8-10,14,20H,5,7,11-13,15-16H2,1-2H3,(H2,27,33)(H,28,34). The largest absolute Gasteiger partial charge is 0.369 e. The Morgan fingerprint density at radius 3 is 2.74 bits per heavy atom. The molecule has 2 aromatic carbocycles. The van der Waals surface area contributed by atoms with Crippen LogP contribution in [0.4, 0.5) is 11.4 Å². The highest BCUT2D eigenvalue weighted by Crippen LogP contribution is 2.26. The van der Waals surface area contributed by atoms with Crippen LogP contribution in [0.2, 0.25) is 0 Å². The van der Waals surface area contributed by atoms with Crippen molar-refractivity contribution in [2.45, 2.75) is 46.1 Å². The predicted molar refractivity (Wildman–Crippen MR) is 132 cm³/mol. The molecule has 0 spiro atoms. The maximum atomic E-state index is 13.1. The van der Waals surface area contributed by atoms with E-state index < -0.39 is 0 Å². The van der Waals surface area contributed by atoms with Gasteiger partial charge in [-0.05, 0) is 62.1 Å². The van der Waals surface area contributed by atoms with Gasteiger partial charge in [0.2, 0.25) is 11.8 Å². The molecule has 1 atom stereocenters. The Hall–Kier alpha value is -3.52. The number of amides is 3.